The monoisotopic (exact) mass is 402 g/mol. The molecule has 1 N–H and O–H groups in total. The van der Waals surface area contributed by atoms with Crippen LogP contribution >= 0.6 is 15.9 Å². The Kier molecular flexibility index (Phi) is 5.89. The van der Waals surface area contributed by atoms with Gasteiger partial charge in [-0.15, -0.1) is 0 Å². The molecule has 1 saturated heterocycles. The van der Waals surface area contributed by atoms with Gasteiger partial charge in [-0.25, -0.2) is 0 Å². The molecule has 0 bridgehead atoms. The average molecular weight is 403 g/mol. The van der Waals surface area contributed by atoms with Crippen LogP contribution in [0, 0.1) is 0 Å². The lowest BCUT2D eigenvalue weighted by Gasteiger charge is -2.43. The maximum atomic E-state index is 11.0. The summed E-state index contributed by atoms with van der Waals surface area (Å²) in [4.78, 5) is 15.5. The van der Waals surface area contributed by atoms with Crippen LogP contribution in [0.3, 0.4) is 0 Å². The van der Waals surface area contributed by atoms with Crippen molar-refractivity contribution in [2.45, 2.75) is 19.0 Å². The van der Waals surface area contributed by atoms with Gasteiger partial charge in [-0.05, 0) is 30.2 Å². The lowest BCUT2D eigenvalue weighted by molar-refractivity contribution is -0.139. The molecule has 3 rings (SSSR count). The Bertz CT molecular complexity index is 705. The Morgan fingerprint density at radius 3 is 2.36 bits per heavy atom. The summed E-state index contributed by atoms with van der Waals surface area (Å²) in [5.41, 5.74) is 2.52. The van der Waals surface area contributed by atoms with Gasteiger partial charge in [0.2, 0.25) is 0 Å². The van der Waals surface area contributed by atoms with Crippen molar-refractivity contribution in [2.75, 3.05) is 26.2 Å². The highest BCUT2D eigenvalue weighted by atomic mass is 79.9. The van der Waals surface area contributed by atoms with Gasteiger partial charge in [0, 0.05) is 30.1 Å². The quantitative estimate of drug-likeness (QED) is 0.828. The van der Waals surface area contributed by atoms with E-state index < -0.39 is 5.97 Å². The third kappa shape index (κ3) is 4.48. The van der Waals surface area contributed by atoms with Crippen LogP contribution in [0.1, 0.15) is 24.1 Å². The standard InChI is InChI=1S/C20H23BrN2O2/c1-15-13-23(12-11-22(15)14-19(24)25)20(16-5-3-2-4-6-16)17-7-9-18(21)10-8-17/h2-10,15,20H,11-14H2,1H3,(H,24,25). The summed E-state index contributed by atoms with van der Waals surface area (Å²) in [7, 11) is 0. The molecule has 2 atom stereocenters. The molecule has 1 aliphatic rings. The van der Waals surface area contributed by atoms with E-state index >= 15 is 0 Å². The van der Waals surface area contributed by atoms with E-state index in [1.807, 2.05) is 11.0 Å². The van der Waals surface area contributed by atoms with Crippen LogP contribution in [-0.4, -0.2) is 53.1 Å². The van der Waals surface area contributed by atoms with Crippen molar-refractivity contribution < 1.29 is 9.90 Å². The first kappa shape index (κ1) is 18.1. The topological polar surface area (TPSA) is 43.8 Å². The van der Waals surface area contributed by atoms with Gasteiger partial charge >= 0.3 is 5.97 Å². The minimum absolute atomic E-state index is 0.114. The summed E-state index contributed by atoms with van der Waals surface area (Å²) >= 11 is 3.51. The molecule has 5 heteroatoms. The lowest BCUT2D eigenvalue weighted by Crippen LogP contribution is -2.54. The number of rotatable bonds is 5. The fourth-order valence-corrected chi connectivity index (χ4v) is 3.83. The highest BCUT2D eigenvalue weighted by Gasteiger charge is 2.30. The summed E-state index contributed by atoms with van der Waals surface area (Å²) in [5, 5.41) is 9.08. The zero-order chi connectivity index (χ0) is 17.8. The van der Waals surface area contributed by atoms with Crippen LogP contribution in [0.4, 0.5) is 0 Å². The first-order valence-electron chi connectivity index (χ1n) is 8.55. The van der Waals surface area contributed by atoms with E-state index in [2.05, 4.69) is 76.3 Å². The number of halogens is 1. The average Bonchev–Trinajstić information content (AvgIpc) is 2.60. The number of carboxylic acids is 1. The van der Waals surface area contributed by atoms with Gasteiger partial charge in [0.15, 0.2) is 0 Å². The van der Waals surface area contributed by atoms with Crippen LogP contribution < -0.4 is 0 Å². The second-order valence-electron chi connectivity index (χ2n) is 6.57. The fourth-order valence-electron chi connectivity index (χ4n) is 3.56. The lowest BCUT2D eigenvalue weighted by atomic mass is 9.95. The molecule has 2 aromatic carbocycles. The molecule has 2 unspecified atom stereocenters. The first-order valence-corrected chi connectivity index (χ1v) is 9.34. The summed E-state index contributed by atoms with van der Waals surface area (Å²) in [6.45, 7) is 4.70. The smallest absolute Gasteiger partial charge is 0.317 e. The molecule has 0 radical (unpaired) electrons. The Morgan fingerprint density at radius 2 is 1.76 bits per heavy atom. The number of carboxylic acid groups (broad SMARTS) is 1. The summed E-state index contributed by atoms with van der Waals surface area (Å²) < 4.78 is 1.07. The van der Waals surface area contributed by atoms with E-state index in [-0.39, 0.29) is 18.6 Å². The minimum atomic E-state index is -0.757. The number of carbonyl (C=O) groups is 1. The van der Waals surface area contributed by atoms with E-state index in [1.54, 1.807) is 0 Å². The van der Waals surface area contributed by atoms with Gasteiger partial charge in [0.05, 0.1) is 12.6 Å². The second-order valence-corrected chi connectivity index (χ2v) is 7.49. The van der Waals surface area contributed by atoms with Crippen molar-refractivity contribution in [3.8, 4) is 0 Å². The Morgan fingerprint density at radius 1 is 1.12 bits per heavy atom. The molecular weight excluding hydrogens is 380 g/mol. The number of aliphatic carboxylic acids is 1. The highest BCUT2D eigenvalue weighted by Crippen LogP contribution is 2.31. The molecule has 2 aromatic rings. The van der Waals surface area contributed by atoms with Gasteiger partial charge in [-0.2, -0.15) is 0 Å². The van der Waals surface area contributed by atoms with E-state index in [4.69, 9.17) is 5.11 Å². The molecule has 4 nitrogen and oxygen atoms in total. The molecule has 0 amide bonds. The van der Waals surface area contributed by atoms with Crippen molar-refractivity contribution in [3.05, 3.63) is 70.2 Å². The van der Waals surface area contributed by atoms with Gasteiger partial charge in [-0.3, -0.25) is 14.6 Å². The predicted octanol–water partition coefficient (Wildman–Crippen LogP) is 3.63. The summed E-state index contributed by atoms with van der Waals surface area (Å²) in [5.74, 6) is -0.757. The third-order valence-corrected chi connectivity index (χ3v) is 5.33. The number of benzene rings is 2. The fraction of sp³-hybridized carbons (Fsp3) is 0.350. The molecule has 0 aromatic heterocycles. The number of piperazine rings is 1. The highest BCUT2D eigenvalue weighted by molar-refractivity contribution is 9.10. The maximum Gasteiger partial charge on any atom is 0.317 e. The van der Waals surface area contributed by atoms with Crippen molar-refractivity contribution in [1.82, 2.24) is 9.80 Å². The Labute approximate surface area is 157 Å². The van der Waals surface area contributed by atoms with Crippen molar-refractivity contribution in [2.24, 2.45) is 0 Å². The molecule has 25 heavy (non-hydrogen) atoms. The molecule has 1 fully saturated rings. The zero-order valence-electron chi connectivity index (χ0n) is 14.3. The molecule has 0 aliphatic carbocycles. The predicted molar refractivity (Wildman–Crippen MR) is 103 cm³/mol. The number of hydrogen-bond acceptors (Lipinski definition) is 3. The minimum Gasteiger partial charge on any atom is -0.480 e. The van der Waals surface area contributed by atoms with Crippen molar-refractivity contribution >= 4 is 21.9 Å². The largest absolute Gasteiger partial charge is 0.480 e. The van der Waals surface area contributed by atoms with E-state index in [0.717, 1.165) is 24.1 Å². The van der Waals surface area contributed by atoms with Crippen LogP contribution in [-0.2, 0) is 4.79 Å². The third-order valence-electron chi connectivity index (χ3n) is 4.80. The van der Waals surface area contributed by atoms with Crippen LogP contribution in [0.2, 0.25) is 0 Å². The van der Waals surface area contributed by atoms with Crippen LogP contribution in [0.5, 0.6) is 0 Å². The van der Waals surface area contributed by atoms with Crippen molar-refractivity contribution in [1.29, 1.82) is 0 Å². The molecule has 1 aliphatic heterocycles. The molecule has 1 heterocycles. The van der Waals surface area contributed by atoms with E-state index in [9.17, 15) is 4.79 Å². The molecule has 0 spiro atoms. The maximum absolute atomic E-state index is 11.0. The van der Waals surface area contributed by atoms with E-state index in [1.165, 1.54) is 11.1 Å². The van der Waals surface area contributed by atoms with Gasteiger partial charge in [-0.1, -0.05) is 58.4 Å². The summed E-state index contributed by atoms with van der Waals surface area (Å²) in [6, 6.07) is 19.4. The van der Waals surface area contributed by atoms with Gasteiger partial charge in [0.1, 0.15) is 0 Å². The zero-order valence-corrected chi connectivity index (χ0v) is 15.9. The van der Waals surface area contributed by atoms with Gasteiger partial charge < -0.3 is 5.11 Å². The summed E-state index contributed by atoms with van der Waals surface area (Å²) in [6.07, 6.45) is 0. The second kappa shape index (κ2) is 8.13. The molecule has 132 valence electrons. The normalized spacial score (nSPS) is 20.3. The Hall–Kier alpha value is -1.69. The Balaban J connectivity index is 1.86. The number of nitrogens with zero attached hydrogens (tertiary/aromatic N) is 2. The van der Waals surface area contributed by atoms with Crippen LogP contribution in [0.25, 0.3) is 0 Å². The van der Waals surface area contributed by atoms with Gasteiger partial charge in [0.25, 0.3) is 0 Å². The molecule has 0 saturated carbocycles. The molecular formula is C20H23BrN2O2. The van der Waals surface area contributed by atoms with Crippen LogP contribution in [0.15, 0.2) is 59.1 Å². The first-order chi connectivity index (χ1) is 12.0. The number of hydrogen-bond donors (Lipinski definition) is 1. The SMILES string of the molecule is CC1CN(C(c2ccccc2)c2ccc(Br)cc2)CCN1CC(=O)O. The van der Waals surface area contributed by atoms with Crippen molar-refractivity contribution in [3.63, 3.8) is 0 Å². The van der Waals surface area contributed by atoms with E-state index in [0.29, 0.717) is 0 Å².